The molecule has 3 heteroatoms. The SMILES string of the molecule is Cc1nn(C)c2c1CCCC2C#N. The van der Waals surface area contributed by atoms with Crippen LogP contribution in [-0.2, 0) is 13.5 Å². The Morgan fingerprint density at radius 3 is 3.08 bits per heavy atom. The van der Waals surface area contributed by atoms with Crippen LogP contribution in [0.1, 0.15) is 35.7 Å². The van der Waals surface area contributed by atoms with E-state index in [-0.39, 0.29) is 5.92 Å². The maximum absolute atomic E-state index is 8.98. The van der Waals surface area contributed by atoms with Gasteiger partial charge in [-0.2, -0.15) is 10.4 Å². The van der Waals surface area contributed by atoms with Crippen LogP contribution < -0.4 is 0 Å². The first-order valence-corrected chi connectivity index (χ1v) is 4.66. The van der Waals surface area contributed by atoms with Gasteiger partial charge in [0.05, 0.1) is 23.4 Å². The molecular formula is C10H13N3. The van der Waals surface area contributed by atoms with Crippen molar-refractivity contribution in [2.75, 3.05) is 0 Å². The van der Waals surface area contributed by atoms with E-state index in [2.05, 4.69) is 11.2 Å². The molecule has 3 nitrogen and oxygen atoms in total. The summed E-state index contributed by atoms with van der Waals surface area (Å²) < 4.78 is 1.87. The van der Waals surface area contributed by atoms with Crippen molar-refractivity contribution in [1.82, 2.24) is 9.78 Å². The molecule has 0 saturated carbocycles. The molecule has 0 N–H and O–H groups in total. The van der Waals surface area contributed by atoms with Crippen LogP contribution in [0.3, 0.4) is 0 Å². The lowest BCUT2D eigenvalue weighted by Gasteiger charge is -2.17. The first kappa shape index (κ1) is 8.31. The molecule has 1 unspecified atom stereocenters. The lowest BCUT2D eigenvalue weighted by molar-refractivity contribution is 0.584. The summed E-state index contributed by atoms with van der Waals surface area (Å²) in [4.78, 5) is 0. The molecule has 1 aromatic rings. The molecule has 1 aliphatic rings. The first-order valence-electron chi connectivity index (χ1n) is 4.66. The van der Waals surface area contributed by atoms with E-state index in [1.165, 1.54) is 5.56 Å². The standard InChI is InChI=1S/C10H13N3/c1-7-9-5-3-4-8(6-11)10(9)13(2)12-7/h8H,3-5H2,1-2H3. The van der Waals surface area contributed by atoms with Gasteiger partial charge in [0.1, 0.15) is 0 Å². The predicted molar refractivity (Wildman–Crippen MR) is 49.2 cm³/mol. The van der Waals surface area contributed by atoms with Gasteiger partial charge in [-0.05, 0) is 31.7 Å². The van der Waals surface area contributed by atoms with Gasteiger partial charge >= 0.3 is 0 Å². The van der Waals surface area contributed by atoms with Gasteiger partial charge in [0.25, 0.3) is 0 Å². The van der Waals surface area contributed by atoms with Gasteiger partial charge < -0.3 is 0 Å². The Morgan fingerprint density at radius 1 is 1.62 bits per heavy atom. The summed E-state index contributed by atoms with van der Waals surface area (Å²) in [7, 11) is 1.93. The maximum atomic E-state index is 8.98. The zero-order valence-electron chi connectivity index (χ0n) is 8.04. The lowest BCUT2D eigenvalue weighted by Crippen LogP contribution is -2.11. The number of nitriles is 1. The van der Waals surface area contributed by atoms with E-state index >= 15 is 0 Å². The fourth-order valence-electron chi connectivity index (χ4n) is 2.21. The third kappa shape index (κ3) is 1.14. The van der Waals surface area contributed by atoms with E-state index in [1.54, 1.807) is 0 Å². The van der Waals surface area contributed by atoms with Gasteiger partial charge in [-0.15, -0.1) is 0 Å². The predicted octanol–water partition coefficient (Wildman–Crippen LogP) is 1.67. The van der Waals surface area contributed by atoms with Crippen molar-refractivity contribution in [1.29, 1.82) is 5.26 Å². The second-order valence-corrected chi connectivity index (χ2v) is 3.65. The summed E-state index contributed by atoms with van der Waals surface area (Å²) in [6.45, 7) is 2.03. The van der Waals surface area contributed by atoms with E-state index in [9.17, 15) is 0 Å². The average Bonchev–Trinajstić information content (AvgIpc) is 2.43. The summed E-state index contributed by atoms with van der Waals surface area (Å²) in [5, 5.41) is 13.3. The fraction of sp³-hybridized carbons (Fsp3) is 0.600. The zero-order chi connectivity index (χ0) is 9.42. The Kier molecular flexibility index (Phi) is 1.84. The highest BCUT2D eigenvalue weighted by molar-refractivity contribution is 5.33. The van der Waals surface area contributed by atoms with Crippen molar-refractivity contribution in [2.45, 2.75) is 32.1 Å². The van der Waals surface area contributed by atoms with Crippen molar-refractivity contribution in [3.05, 3.63) is 17.0 Å². The molecule has 0 amide bonds. The van der Waals surface area contributed by atoms with Crippen molar-refractivity contribution in [2.24, 2.45) is 7.05 Å². The van der Waals surface area contributed by atoms with Crippen molar-refractivity contribution < 1.29 is 0 Å². The number of rotatable bonds is 0. The van der Waals surface area contributed by atoms with Crippen molar-refractivity contribution in [3.8, 4) is 6.07 Å². The molecule has 0 aromatic carbocycles. The van der Waals surface area contributed by atoms with E-state index in [0.717, 1.165) is 30.7 Å². The smallest absolute Gasteiger partial charge is 0.0884 e. The molecule has 0 spiro atoms. The second-order valence-electron chi connectivity index (χ2n) is 3.65. The highest BCUT2D eigenvalue weighted by atomic mass is 15.3. The topological polar surface area (TPSA) is 41.6 Å². The van der Waals surface area contributed by atoms with Gasteiger partial charge in [0.15, 0.2) is 0 Å². The molecule has 1 atom stereocenters. The summed E-state index contributed by atoms with van der Waals surface area (Å²) in [6, 6.07) is 2.35. The molecule has 1 heterocycles. The molecule has 2 rings (SSSR count). The van der Waals surface area contributed by atoms with Crippen LogP contribution in [-0.4, -0.2) is 9.78 Å². The van der Waals surface area contributed by atoms with Crippen LogP contribution in [0.15, 0.2) is 0 Å². The van der Waals surface area contributed by atoms with Gasteiger partial charge in [-0.25, -0.2) is 0 Å². The normalized spacial score (nSPS) is 20.8. The highest BCUT2D eigenvalue weighted by Crippen LogP contribution is 2.32. The Hall–Kier alpha value is -1.30. The lowest BCUT2D eigenvalue weighted by atomic mass is 9.87. The number of nitrogens with zero attached hydrogens (tertiary/aromatic N) is 3. The molecule has 1 aliphatic carbocycles. The molecule has 1 aromatic heterocycles. The summed E-state index contributed by atoms with van der Waals surface area (Å²) >= 11 is 0. The number of hydrogen-bond acceptors (Lipinski definition) is 2. The number of aromatic nitrogens is 2. The van der Waals surface area contributed by atoms with Crippen molar-refractivity contribution in [3.63, 3.8) is 0 Å². The number of hydrogen-bond donors (Lipinski definition) is 0. The first-order chi connectivity index (χ1) is 6.24. The third-order valence-corrected chi connectivity index (χ3v) is 2.80. The molecule has 13 heavy (non-hydrogen) atoms. The monoisotopic (exact) mass is 175 g/mol. The molecule has 0 fully saturated rings. The quantitative estimate of drug-likeness (QED) is 0.602. The molecule has 68 valence electrons. The Bertz CT molecular complexity index is 370. The number of aryl methyl sites for hydroxylation is 2. The van der Waals surface area contributed by atoms with Gasteiger partial charge in [0, 0.05) is 7.05 Å². The summed E-state index contributed by atoms with van der Waals surface area (Å²) in [6.07, 6.45) is 3.20. The van der Waals surface area contributed by atoms with Gasteiger partial charge in [-0.3, -0.25) is 4.68 Å². The summed E-state index contributed by atoms with van der Waals surface area (Å²) in [5.74, 6) is 0.0648. The zero-order valence-corrected chi connectivity index (χ0v) is 8.04. The van der Waals surface area contributed by atoms with Crippen LogP contribution in [0.4, 0.5) is 0 Å². The highest BCUT2D eigenvalue weighted by Gasteiger charge is 2.25. The minimum atomic E-state index is 0.0648. The minimum absolute atomic E-state index is 0.0648. The second kappa shape index (κ2) is 2.88. The van der Waals surface area contributed by atoms with E-state index in [4.69, 9.17) is 5.26 Å². The molecule has 0 saturated heterocycles. The Balaban J connectivity index is 2.56. The van der Waals surface area contributed by atoms with E-state index < -0.39 is 0 Å². The van der Waals surface area contributed by atoms with Crippen LogP contribution in [0, 0.1) is 18.3 Å². The van der Waals surface area contributed by atoms with Crippen LogP contribution in [0.2, 0.25) is 0 Å². The largest absolute Gasteiger partial charge is 0.271 e. The maximum Gasteiger partial charge on any atom is 0.0884 e. The summed E-state index contributed by atoms with van der Waals surface area (Å²) in [5.41, 5.74) is 3.55. The van der Waals surface area contributed by atoms with Crippen LogP contribution in [0.25, 0.3) is 0 Å². The molecule has 0 bridgehead atoms. The number of fused-ring (bicyclic) bond motifs is 1. The third-order valence-electron chi connectivity index (χ3n) is 2.80. The molecule has 0 radical (unpaired) electrons. The minimum Gasteiger partial charge on any atom is -0.271 e. The molecular weight excluding hydrogens is 162 g/mol. The van der Waals surface area contributed by atoms with Gasteiger partial charge in [-0.1, -0.05) is 0 Å². The van der Waals surface area contributed by atoms with Crippen molar-refractivity contribution >= 4 is 0 Å². The fourth-order valence-corrected chi connectivity index (χ4v) is 2.21. The van der Waals surface area contributed by atoms with Crippen LogP contribution >= 0.6 is 0 Å². The molecule has 0 aliphatic heterocycles. The van der Waals surface area contributed by atoms with E-state index in [1.807, 2.05) is 18.7 Å². The van der Waals surface area contributed by atoms with E-state index in [0.29, 0.717) is 0 Å². The van der Waals surface area contributed by atoms with Crippen LogP contribution in [0.5, 0.6) is 0 Å². The Morgan fingerprint density at radius 2 is 2.38 bits per heavy atom. The average molecular weight is 175 g/mol. The Labute approximate surface area is 78.0 Å². The van der Waals surface area contributed by atoms with Gasteiger partial charge in [0.2, 0.25) is 0 Å².